The number of amides is 2. The molecule has 0 aromatic carbocycles. The zero-order valence-corrected chi connectivity index (χ0v) is 14.6. The Kier molecular flexibility index (Phi) is 3.79. The molecule has 1 spiro atoms. The van der Waals surface area contributed by atoms with Crippen LogP contribution >= 0.6 is 11.6 Å². The molecule has 2 aliphatic heterocycles. The molecule has 2 aromatic rings. The highest BCUT2D eigenvalue weighted by Gasteiger charge is 2.47. The van der Waals surface area contributed by atoms with Gasteiger partial charge < -0.3 is 14.5 Å². The molecule has 0 aliphatic carbocycles. The monoisotopic (exact) mass is 363 g/mol. The predicted octanol–water partition coefficient (Wildman–Crippen LogP) is 1.83. The van der Waals surface area contributed by atoms with E-state index in [9.17, 15) is 9.59 Å². The van der Waals surface area contributed by atoms with Gasteiger partial charge in [0, 0.05) is 44.9 Å². The topological polar surface area (TPSA) is 80.0 Å². The highest BCUT2D eigenvalue weighted by molar-refractivity contribution is 6.30. The summed E-state index contributed by atoms with van der Waals surface area (Å²) in [5.41, 5.74) is -0.123. The van der Waals surface area contributed by atoms with Crippen LogP contribution in [0.25, 0.3) is 5.78 Å². The van der Waals surface area contributed by atoms with E-state index in [1.807, 2.05) is 6.92 Å². The maximum absolute atomic E-state index is 12.7. The molecule has 0 unspecified atom stereocenters. The number of nitrogens with zero attached hydrogens (tertiary/aromatic N) is 5. The Hall–Kier alpha value is -2.35. The van der Waals surface area contributed by atoms with E-state index >= 15 is 0 Å². The summed E-state index contributed by atoms with van der Waals surface area (Å²) >= 11 is 5.91. The molecule has 2 aliphatic rings. The van der Waals surface area contributed by atoms with Crippen LogP contribution in [0, 0.1) is 0 Å². The summed E-state index contributed by atoms with van der Waals surface area (Å²) in [6.45, 7) is 4.24. The van der Waals surface area contributed by atoms with Gasteiger partial charge in [0.1, 0.15) is 11.3 Å². The van der Waals surface area contributed by atoms with Crippen molar-refractivity contribution in [3.63, 3.8) is 0 Å². The van der Waals surface area contributed by atoms with Crippen molar-refractivity contribution in [2.75, 3.05) is 26.2 Å². The second-order valence-corrected chi connectivity index (χ2v) is 6.90. The molecule has 0 bridgehead atoms. The van der Waals surface area contributed by atoms with Crippen molar-refractivity contribution in [1.82, 2.24) is 24.2 Å². The molecule has 2 saturated heterocycles. The summed E-state index contributed by atoms with van der Waals surface area (Å²) in [5, 5.41) is 0.479. The zero-order chi connectivity index (χ0) is 17.6. The zero-order valence-electron chi connectivity index (χ0n) is 13.8. The van der Waals surface area contributed by atoms with Crippen LogP contribution in [0.4, 0.5) is 4.79 Å². The highest BCUT2D eigenvalue weighted by atomic mass is 35.5. The number of hydrogen-bond acceptors (Lipinski definition) is 5. The van der Waals surface area contributed by atoms with Crippen LogP contribution in [0.2, 0.25) is 5.02 Å². The lowest BCUT2D eigenvalue weighted by molar-refractivity contribution is 0.00299. The molecular formula is C16H18ClN5O3. The first kappa shape index (κ1) is 16.1. The number of piperidine rings is 1. The van der Waals surface area contributed by atoms with Crippen molar-refractivity contribution >= 4 is 29.4 Å². The largest absolute Gasteiger partial charge is 0.441 e. The first-order chi connectivity index (χ1) is 12.0. The van der Waals surface area contributed by atoms with E-state index in [0.29, 0.717) is 55.5 Å². The second-order valence-electron chi connectivity index (χ2n) is 6.46. The fourth-order valence-electron chi connectivity index (χ4n) is 3.44. The summed E-state index contributed by atoms with van der Waals surface area (Å²) in [5.74, 6) is 0.290. The minimum atomic E-state index is -0.460. The molecule has 9 heteroatoms. The molecule has 4 heterocycles. The Balaban J connectivity index is 1.46. The minimum Gasteiger partial charge on any atom is -0.441 e. The van der Waals surface area contributed by atoms with Crippen LogP contribution in [-0.4, -0.2) is 67.9 Å². The first-order valence-corrected chi connectivity index (χ1v) is 8.65. The lowest BCUT2D eigenvalue weighted by atomic mass is 9.91. The van der Waals surface area contributed by atoms with Crippen molar-refractivity contribution in [2.24, 2.45) is 0 Å². The van der Waals surface area contributed by atoms with Crippen LogP contribution in [0.5, 0.6) is 0 Å². The summed E-state index contributed by atoms with van der Waals surface area (Å²) in [6.07, 6.45) is 5.81. The number of halogens is 1. The van der Waals surface area contributed by atoms with Crippen molar-refractivity contribution in [1.29, 1.82) is 0 Å². The molecule has 0 atom stereocenters. The Bertz CT molecular complexity index is 843. The van der Waals surface area contributed by atoms with E-state index in [4.69, 9.17) is 16.3 Å². The number of carbonyl (C=O) groups excluding carboxylic acids is 2. The summed E-state index contributed by atoms with van der Waals surface area (Å²) in [6, 6.07) is 0. The second kappa shape index (κ2) is 5.87. The van der Waals surface area contributed by atoms with Gasteiger partial charge in [-0.15, -0.1) is 0 Å². The summed E-state index contributed by atoms with van der Waals surface area (Å²) in [7, 11) is 0. The van der Waals surface area contributed by atoms with Gasteiger partial charge in [-0.1, -0.05) is 11.6 Å². The van der Waals surface area contributed by atoms with Crippen molar-refractivity contribution in [2.45, 2.75) is 25.4 Å². The van der Waals surface area contributed by atoms with Gasteiger partial charge in [-0.05, 0) is 6.92 Å². The number of hydrogen-bond donors (Lipinski definition) is 0. The van der Waals surface area contributed by atoms with E-state index < -0.39 is 5.60 Å². The lowest BCUT2D eigenvalue weighted by Gasteiger charge is -2.37. The Morgan fingerprint density at radius 2 is 2.12 bits per heavy atom. The average Bonchev–Trinajstić information content (AvgIpc) is 3.15. The fourth-order valence-corrected chi connectivity index (χ4v) is 3.59. The SMILES string of the molecule is CCN1CC2(CCN(C(=O)c3cn4cc(Cl)cnc4n3)CC2)OC1=O. The quantitative estimate of drug-likeness (QED) is 0.813. The van der Waals surface area contributed by atoms with Gasteiger partial charge in [0.2, 0.25) is 5.78 Å². The van der Waals surface area contributed by atoms with Crippen LogP contribution < -0.4 is 0 Å². The first-order valence-electron chi connectivity index (χ1n) is 8.27. The van der Waals surface area contributed by atoms with Gasteiger partial charge in [-0.2, -0.15) is 0 Å². The smallest absolute Gasteiger partial charge is 0.410 e. The molecule has 2 aromatic heterocycles. The van der Waals surface area contributed by atoms with E-state index in [1.54, 1.807) is 26.6 Å². The van der Waals surface area contributed by atoms with Crippen LogP contribution in [-0.2, 0) is 4.74 Å². The number of ether oxygens (including phenoxy) is 1. The maximum atomic E-state index is 12.7. The standard InChI is InChI=1S/C16H18ClN5O3/c1-2-20-10-16(25-15(20)24)3-5-21(6-4-16)13(23)12-9-22-8-11(17)7-18-14(22)19-12/h7-9H,2-6,10H2,1H3. The van der Waals surface area contributed by atoms with Crippen LogP contribution in [0.1, 0.15) is 30.3 Å². The molecule has 2 amide bonds. The van der Waals surface area contributed by atoms with Crippen LogP contribution in [0.15, 0.2) is 18.6 Å². The summed E-state index contributed by atoms with van der Waals surface area (Å²) < 4.78 is 7.23. The van der Waals surface area contributed by atoms with Gasteiger partial charge in [-0.3, -0.25) is 9.20 Å². The van der Waals surface area contributed by atoms with Gasteiger partial charge in [0.25, 0.3) is 5.91 Å². The van der Waals surface area contributed by atoms with Crippen LogP contribution in [0.3, 0.4) is 0 Å². The third-order valence-corrected chi connectivity index (χ3v) is 5.08. The summed E-state index contributed by atoms with van der Waals surface area (Å²) in [4.78, 5) is 36.4. The van der Waals surface area contributed by atoms with Gasteiger partial charge in [0.05, 0.1) is 17.8 Å². The Labute approximate surface area is 149 Å². The molecule has 4 rings (SSSR count). The van der Waals surface area contributed by atoms with Gasteiger partial charge in [0.15, 0.2) is 0 Å². The molecular weight excluding hydrogens is 346 g/mol. The lowest BCUT2D eigenvalue weighted by Crippen LogP contribution is -2.48. The Morgan fingerprint density at radius 3 is 2.80 bits per heavy atom. The number of imidazole rings is 1. The predicted molar refractivity (Wildman–Crippen MR) is 89.6 cm³/mol. The van der Waals surface area contributed by atoms with E-state index in [1.165, 1.54) is 6.20 Å². The molecule has 0 radical (unpaired) electrons. The highest BCUT2D eigenvalue weighted by Crippen LogP contribution is 2.33. The van der Waals surface area contributed by atoms with Crippen molar-refractivity contribution in [3.8, 4) is 0 Å². The third kappa shape index (κ3) is 2.80. The van der Waals surface area contributed by atoms with E-state index in [0.717, 1.165) is 0 Å². The molecule has 2 fully saturated rings. The van der Waals surface area contributed by atoms with Crippen molar-refractivity contribution in [3.05, 3.63) is 29.3 Å². The molecule has 132 valence electrons. The van der Waals surface area contributed by atoms with Gasteiger partial charge in [-0.25, -0.2) is 14.8 Å². The average molecular weight is 364 g/mol. The van der Waals surface area contributed by atoms with Gasteiger partial charge >= 0.3 is 6.09 Å². The molecule has 0 N–H and O–H groups in total. The number of rotatable bonds is 2. The number of aromatic nitrogens is 3. The maximum Gasteiger partial charge on any atom is 0.410 e. The number of fused-ring (bicyclic) bond motifs is 1. The van der Waals surface area contributed by atoms with E-state index in [2.05, 4.69) is 9.97 Å². The number of likely N-dealkylation sites (N-methyl/N-ethyl adjacent to an activating group) is 1. The van der Waals surface area contributed by atoms with E-state index in [-0.39, 0.29) is 12.0 Å². The number of likely N-dealkylation sites (tertiary alicyclic amines) is 1. The fraction of sp³-hybridized carbons (Fsp3) is 0.500. The molecule has 25 heavy (non-hydrogen) atoms. The Morgan fingerprint density at radius 1 is 1.36 bits per heavy atom. The minimum absolute atomic E-state index is 0.145. The molecule has 0 saturated carbocycles. The molecule has 8 nitrogen and oxygen atoms in total. The van der Waals surface area contributed by atoms with Crippen molar-refractivity contribution < 1.29 is 14.3 Å². The normalized spacial score (nSPS) is 19.7. The third-order valence-electron chi connectivity index (χ3n) is 4.88. The number of carbonyl (C=O) groups is 2.